The second-order valence-electron chi connectivity index (χ2n) is 2.05. The Bertz CT molecular complexity index is 274. The van der Waals surface area contributed by atoms with E-state index in [1.165, 1.54) is 0 Å². The number of rotatable bonds is 1. The molecule has 0 amide bonds. The second-order valence-corrected chi connectivity index (χ2v) is 2.05. The zero-order valence-electron chi connectivity index (χ0n) is 6.09. The Kier molecular flexibility index (Phi) is 2.16. The molecule has 66 valence electrons. The van der Waals surface area contributed by atoms with E-state index in [0.29, 0.717) is 5.69 Å². The maximum Gasteiger partial charge on any atom is 0.574 e. The van der Waals surface area contributed by atoms with Crippen LogP contribution in [0.2, 0.25) is 0 Å². The van der Waals surface area contributed by atoms with Gasteiger partial charge in [-0.25, -0.2) is 9.97 Å². The van der Waals surface area contributed by atoms with Crippen molar-refractivity contribution in [2.45, 2.75) is 13.3 Å². The van der Waals surface area contributed by atoms with Crippen LogP contribution in [-0.2, 0) is 0 Å². The van der Waals surface area contributed by atoms with Crippen LogP contribution < -0.4 is 4.74 Å². The van der Waals surface area contributed by atoms with Crippen LogP contribution in [0.15, 0.2) is 12.4 Å². The van der Waals surface area contributed by atoms with Gasteiger partial charge in [-0.1, -0.05) is 0 Å². The first-order valence-corrected chi connectivity index (χ1v) is 3.02. The van der Waals surface area contributed by atoms with Crippen molar-refractivity contribution >= 4 is 0 Å². The summed E-state index contributed by atoms with van der Waals surface area (Å²) in [5.74, 6) is -0.491. The Morgan fingerprint density at radius 2 is 2.00 bits per heavy atom. The lowest BCUT2D eigenvalue weighted by atomic mass is 10.4. The molecule has 0 aliphatic rings. The molecule has 0 aliphatic heterocycles. The molecule has 0 saturated heterocycles. The standard InChI is InChI=1S/C6H5F3N2O/c1-4-2-5(11-3-10-4)12-6(7,8)9/h2-3H,1H3. The minimum atomic E-state index is -4.69. The van der Waals surface area contributed by atoms with Gasteiger partial charge in [0.25, 0.3) is 0 Å². The van der Waals surface area contributed by atoms with Crippen LogP contribution >= 0.6 is 0 Å². The number of hydrogen-bond acceptors (Lipinski definition) is 3. The van der Waals surface area contributed by atoms with Crippen LogP contribution in [0, 0.1) is 6.92 Å². The zero-order chi connectivity index (χ0) is 9.19. The van der Waals surface area contributed by atoms with Crippen LogP contribution in [0.1, 0.15) is 5.69 Å². The summed E-state index contributed by atoms with van der Waals surface area (Å²) in [7, 11) is 0. The molecule has 0 saturated carbocycles. The monoisotopic (exact) mass is 178 g/mol. The molecule has 0 fully saturated rings. The van der Waals surface area contributed by atoms with Gasteiger partial charge in [-0.05, 0) is 6.92 Å². The van der Waals surface area contributed by atoms with E-state index in [4.69, 9.17) is 0 Å². The highest BCUT2D eigenvalue weighted by molar-refractivity contribution is 5.11. The van der Waals surface area contributed by atoms with Gasteiger partial charge < -0.3 is 4.74 Å². The van der Waals surface area contributed by atoms with Crippen LogP contribution in [0.3, 0.4) is 0 Å². The molecule has 0 aliphatic carbocycles. The molecule has 0 aromatic carbocycles. The number of halogens is 3. The summed E-state index contributed by atoms with van der Waals surface area (Å²) < 4.78 is 38.3. The summed E-state index contributed by atoms with van der Waals surface area (Å²) in [6.07, 6.45) is -3.68. The molecule has 0 bridgehead atoms. The Morgan fingerprint density at radius 1 is 1.33 bits per heavy atom. The van der Waals surface area contributed by atoms with Crippen LogP contribution in [0.25, 0.3) is 0 Å². The maximum absolute atomic E-state index is 11.6. The van der Waals surface area contributed by atoms with Crippen molar-refractivity contribution in [1.82, 2.24) is 9.97 Å². The number of aryl methyl sites for hydroxylation is 1. The first-order chi connectivity index (χ1) is 5.47. The van der Waals surface area contributed by atoms with Crippen molar-refractivity contribution in [3.8, 4) is 5.88 Å². The normalized spacial score (nSPS) is 11.3. The highest BCUT2D eigenvalue weighted by atomic mass is 19.4. The first-order valence-electron chi connectivity index (χ1n) is 3.02. The van der Waals surface area contributed by atoms with Gasteiger partial charge in [0.05, 0.1) is 0 Å². The summed E-state index contributed by atoms with van der Waals surface area (Å²) >= 11 is 0. The number of aromatic nitrogens is 2. The minimum absolute atomic E-state index is 0.421. The van der Waals surface area contributed by atoms with Crippen molar-refractivity contribution in [2.24, 2.45) is 0 Å². The molecule has 0 atom stereocenters. The SMILES string of the molecule is Cc1cc(OC(F)(F)F)ncn1. The zero-order valence-corrected chi connectivity index (χ0v) is 6.09. The fraction of sp³-hybridized carbons (Fsp3) is 0.333. The van der Waals surface area contributed by atoms with Crippen LogP contribution in [0.4, 0.5) is 13.2 Å². The fourth-order valence-corrected chi connectivity index (χ4v) is 0.604. The largest absolute Gasteiger partial charge is 0.574 e. The molecule has 1 rings (SSSR count). The molecule has 1 aromatic heterocycles. The van der Waals surface area contributed by atoms with Crippen molar-refractivity contribution in [3.63, 3.8) is 0 Å². The average Bonchev–Trinajstić information content (AvgIpc) is 1.82. The molecule has 0 unspecified atom stereocenters. The molecule has 3 nitrogen and oxygen atoms in total. The summed E-state index contributed by atoms with van der Waals surface area (Å²) in [4.78, 5) is 6.88. The molecule has 1 aromatic rings. The lowest BCUT2D eigenvalue weighted by molar-refractivity contribution is -0.276. The highest BCUT2D eigenvalue weighted by Gasteiger charge is 2.31. The first kappa shape index (κ1) is 8.76. The molecular weight excluding hydrogens is 173 g/mol. The third-order valence-electron chi connectivity index (χ3n) is 0.999. The number of ether oxygens (including phenoxy) is 1. The van der Waals surface area contributed by atoms with Crippen LogP contribution in [-0.4, -0.2) is 16.3 Å². The quantitative estimate of drug-likeness (QED) is 0.656. The van der Waals surface area contributed by atoms with Crippen molar-refractivity contribution in [2.75, 3.05) is 0 Å². The predicted molar refractivity (Wildman–Crippen MR) is 33.5 cm³/mol. The van der Waals surface area contributed by atoms with Gasteiger partial charge in [-0.3, -0.25) is 0 Å². The van der Waals surface area contributed by atoms with Gasteiger partial charge in [0.2, 0.25) is 5.88 Å². The number of alkyl halides is 3. The molecule has 0 N–H and O–H groups in total. The second kappa shape index (κ2) is 2.96. The topological polar surface area (TPSA) is 35.0 Å². The number of hydrogen-bond donors (Lipinski definition) is 0. The Hall–Kier alpha value is -1.33. The van der Waals surface area contributed by atoms with E-state index < -0.39 is 12.2 Å². The number of nitrogens with zero attached hydrogens (tertiary/aromatic N) is 2. The third kappa shape index (κ3) is 2.73. The van der Waals surface area contributed by atoms with E-state index >= 15 is 0 Å². The van der Waals surface area contributed by atoms with E-state index in [2.05, 4.69) is 14.7 Å². The molecule has 1 heterocycles. The van der Waals surface area contributed by atoms with E-state index in [9.17, 15) is 13.2 Å². The smallest absolute Gasteiger partial charge is 0.388 e. The van der Waals surface area contributed by atoms with E-state index in [1.807, 2.05) is 0 Å². The average molecular weight is 178 g/mol. The van der Waals surface area contributed by atoms with E-state index in [-0.39, 0.29) is 0 Å². The summed E-state index contributed by atoms with van der Waals surface area (Å²) in [5, 5.41) is 0. The van der Waals surface area contributed by atoms with Gasteiger partial charge in [0, 0.05) is 11.8 Å². The summed E-state index contributed by atoms with van der Waals surface area (Å²) in [6.45, 7) is 1.55. The van der Waals surface area contributed by atoms with Crippen molar-refractivity contribution < 1.29 is 17.9 Å². The minimum Gasteiger partial charge on any atom is -0.388 e. The van der Waals surface area contributed by atoms with Crippen molar-refractivity contribution in [3.05, 3.63) is 18.1 Å². The molecule has 6 heteroatoms. The van der Waals surface area contributed by atoms with Gasteiger partial charge in [0.1, 0.15) is 6.33 Å². The molecule has 0 spiro atoms. The summed E-state index contributed by atoms with van der Waals surface area (Å²) in [6, 6.07) is 1.10. The van der Waals surface area contributed by atoms with Gasteiger partial charge >= 0.3 is 6.36 Å². The molecular formula is C6H5F3N2O. The molecule has 12 heavy (non-hydrogen) atoms. The van der Waals surface area contributed by atoms with E-state index in [1.54, 1.807) is 6.92 Å². The lowest BCUT2D eigenvalue weighted by Crippen LogP contribution is -2.18. The van der Waals surface area contributed by atoms with Crippen LogP contribution in [0.5, 0.6) is 5.88 Å². The van der Waals surface area contributed by atoms with Gasteiger partial charge in [-0.15, -0.1) is 13.2 Å². The van der Waals surface area contributed by atoms with Gasteiger partial charge in [0.15, 0.2) is 0 Å². The van der Waals surface area contributed by atoms with Crippen molar-refractivity contribution in [1.29, 1.82) is 0 Å². The molecule has 0 radical (unpaired) electrons. The van der Waals surface area contributed by atoms with E-state index in [0.717, 1.165) is 12.4 Å². The lowest BCUT2D eigenvalue weighted by Gasteiger charge is -2.06. The highest BCUT2D eigenvalue weighted by Crippen LogP contribution is 2.19. The predicted octanol–water partition coefficient (Wildman–Crippen LogP) is 1.68. The Balaban J connectivity index is 2.77. The summed E-state index contributed by atoms with van der Waals surface area (Å²) in [5.41, 5.74) is 0.421. The van der Waals surface area contributed by atoms with Gasteiger partial charge in [-0.2, -0.15) is 0 Å². The fourth-order valence-electron chi connectivity index (χ4n) is 0.604. The Morgan fingerprint density at radius 3 is 2.50 bits per heavy atom. The third-order valence-corrected chi connectivity index (χ3v) is 0.999. The maximum atomic E-state index is 11.6. The Labute approximate surface area is 66.2 Å².